The van der Waals surface area contributed by atoms with E-state index in [0.29, 0.717) is 0 Å². The van der Waals surface area contributed by atoms with Crippen molar-refractivity contribution in [3.8, 4) is 0 Å². The van der Waals surface area contributed by atoms with E-state index in [-0.39, 0.29) is 0 Å². The first-order chi connectivity index (χ1) is 6.74. The van der Waals surface area contributed by atoms with Crippen molar-refractivity contribution < 1.29 is 0 Å². The summed E-state index contributed by atoms with van der Waals surface area (Å²) < 4.78 is 0. The molecule has 72 valence electrons. The zero-order valence-electron chi connectivity index (χ0n) is 8.54. The summed E-state index contributed by atoms with van der Waals surface area (Å²) in [5.41, 5.74) is 3.94. The Labute approximate surface area is 84.0 Å². The molecule has 0 radical (unpaired) electrons. The number of benzene rings is 1. The Morgan fingerprint density at radius 2 is 1.86 bits per heavy atom. The quantitative estimate of drug-likeness (QED) is 0.767. The van der Waals surface area contributed by atoms with Crippen LogP contribution in [0.2, 0.25) is 0 Å². The Morgan fingerprint density at radius 3 is 2.43 bits per heavy atom. The van der Waals surface area contributed by atoms with Crippen LogP contribution in [0, 0.1) is 13.8 Å². The summed E-state index contributed by atoms with van der Waals surface area (Å²) >= 11 is 0. The van der Waals surface area contributed by atoms with E-state index in [1.54, 1.807) is 6.20 Å². The number of aryl methyl sites for hydroxylation is 2. The third kappa shape index (κ3) is 2.02. The summed E-state index contributed by atoms with van der Waals surface area (Å²) in [5, 5.41) is 0. The van der Waals surface area contributed by atoms with Crippen molar-refractivity contribution in [2.45, 2.75) is 20.3 Å². The lowest BCUT2D eigenvalue weighted by Gasteiger charge is -2.02. The van der Waals surface area contributed by atoms with Crippen LogP contribution in [0.5, 0.6) is 0 Å². The molecule has 2 rings (SSSR count). The van der Waals surface area contributed by atoms with Crippen LogP contribution < -0.4 is 0 Å². The molecule has 14 heavy (non-hydrogen) atoms. The van der Waals surface area contributed by atoms with Crippen molar-refractivity contribution >= 4 is 0 Å². The minimum atomic E-state index is 0.884. The van der Waals surface area contributed by atoms with Gasteiger partial charge in [0.2, 0.25) is 0 Å². The van der Waals surface area contributed by atoms with Crippen LogP contribution in [-0.4, -0.2) is 9.97 Å². The summed E-state index contributed by atoms with van der Waals surface area (Å²) in [4.78, 5) is 7.33. The number of nitrogens with one attached hydrogen (secondary N) is 1. The molecule has 0 spiro atoms. The normalized spacial score (nSPS) is 10.4. The van der Waals surface area contributed by atoms with Crippen molar-refractivity contribution in [1.82, 2.24) is 9.97 Å². The summed E-state index contributed by atoms with van der Waals surface area (Å²) in [6.45, 7) is 4.25. The zero-order chi connectivity index (χ0) is 9.97. The van der Waals surface area contributed by atoms with Gasteiger partial charge in [0, 0.05) is 18.8 Å². The van der Waals surface area contributed by atoms with Gasteiger partial charge < -0.3 is 4.98 Å². The van der Waals surface area contributed by atoms with Gasteiger partial charge >= 0.3 is 0 Å². The van der Waals surface area contributed by atoms with Crippen LogP contribution in [0.15, 0.2) is 30.6 Å². The molecule has 1 heterocycles. The first-order valence-corrected chi connectivity index (χ1v) is 4.79. The molecule has 2 aromatic rings. The molecule has 1 aromatic carbocycles. The average molecular weight is 186 g/mol. The maximum absolute atomic E-state index is 4.22. The van der Waals surface area contributed by atoms with Gasteiger partial charge in [0.15, 0.2) is 0 Å². The summed E-state index contributed by atoms with van der Waals surface area (Å²) in [6, 6.07) is 6.59. The molecule has 0 unspecified atom stereocenters. The van der Waals surface area contributed by atoms with E-state index >= 15 is 0 Å². The molecule has 1 aromatic heterocycles. The fraction of sp³-hybridized carbons (Fsp3) is 0.250. The number of hydrogen-bond acceptors (Lipinski definition) is 1. The van der Waals surface area contributed by atoms with E-state index in [9.17, 15) is 0 Å². The first-order valence-electron chi connectivity index (χ1n) is 4.79. The van der Waals surface area contributed by atoms with E-state index in [4.69, 9.17) is 0 Å². The molecule has 0 amide bonds. The third-order valence-corrected chi connectivity index (χ3v) is 2.21. The highest BCUT2D eigenvalue weighted by Gasteiger charge is 1.99. The van der Waals surface area contributed by atoms with Crippen LogP contribution in [0.25, 0.3) is 0 Å². The number of aromatic amines is 1. The maximum Gasteiger partial charge on any atom is 0.110 e. The van der Waals surface area contributed by atoms with Gasteiger partial charge in [-0.05, 0) is 19.4 Å². The standard InChI is InChI=1S/C12H14N2/c1-9-5-10(2)7-11(6-9)8-12-13-3-4-14-12/h3-7H,8H2,1-2H3,(H,13,14). The fourth-order valence-corrected chi connectivity index (χ4v) is 1.76. The van der Waals surface area contributed by atoms with Gasteiger partial charge in [-0.3, -0.25) is 0 Å². The molecule has 2 nitrogen and oxygen atoms in total. The van der Waals surface area contributed by atoms with Gasteiger partial charge in [-0.1, -0.05) is 29.3 Å². The highest BCUT2D eigenvalue weighted by molar-refractivity contribution is 5.30. The SMILES string of the molecule is Cc1cc(C)cc(Cc2ncc[nH]2)c1. The second-order valence-electron chi connectivity index (χ2n) is 3.71. The van der Waals surface area contributed by atoms with Gasteiger partial charge in [0.05, 0.1) is 0 Å². The number of aromatic nitrogens is 2. The lowest BCUT2D eigenvalue weighted by atomic mass is 10.1. The highest BCUT2D eigenvalue weighted by Crippen LogP contribution is 2.11. The van der Waals surface area contributed by atoms with Crippen LogP contribution in [-0.2, 0) is 6.42 Å². The van der Waals surface area contributed by atoms with Gasteiger partial charge in [0.25, 0.3) is 0 Å². The van der Waals surface area contributed by atoms with Crippen molar-refractivity contribution in [3.05, 3.63) is 53.1 Å². The molecule has 0 bridgehead atoms. The average Bonchev–Trinajstić information content (AvgIpc) is 2.54. The molecule has 0 atom stereocenters. The predicted octanol–water partition coefficient (Wildman–Crippen LogP) is 2.62. The molecule has 0 aliphatic heterocycles. The van der Waals surface area contributed by atoms with Crippen LogP contribution in [0.3, 0.4) is 0 Å². The zero-order valence-corrected chi connectivity index (χ0v) is 8.54. The number of hydrogen-bond donors (Lipinski definition) is 1. The molecular formula is C12H14N2. The molecule has 0 saturated carbocycles. The van der Waals surface area contributed by atoms with Gasteiger partial charge in [-0.2, -0.15) is 0 Å². The maximum atomic E-state index is 4.22. The van der Waals surface area contributed by atoms with Crippen LogP contribution in [0.1, 0.15) is 22.5 Å². The second-order valence-corrected chi connectivity index (χ2v) is 3.71. The van der Waals surface area contributed by atoms with E-state index < -0.39 is 0 Å². The second kappa shape index (κ2) is 3.66. The first kappa shape index (κ1) is 9.00. The molecule has 0 saturated heterocycles. The number of H-pyrrole nitrogens is 1. The Hall–Kier alpha value is -1.57. The predicted molar refractivity (Wildman–Crippen MR) is 57.3 cm³/mol. The van der Waals surface area contributed by atoms with Crippen LogP contribution >= 0.6 is 0 Å². The highest BCUT2D eigenvalue weighted by atomic mass is 14.9. The van der Waals surface area contributed by atoms with E-state index in [0.717, 1.165) is 12.2 Å². The smallest absolute Gasteiger partial charge is 0.110 e. The minimum Gasteiger partial charge on any atom is -0.348 e. The molecule has 2 heteroatoms. The van der Waals surface area contributed by atoms with E-state index in [2.05, 4.69) is 42.0 Å². The minimum absolute atomic E-state index is 0.884. The molecule has 1 N–H and O–H groups in total. The van der Waals surface area contributed by atoms with Gasteiger partial charge in [-0.25, -0.2) is 4.98 Å². The summed E-state index contributed by atoms with van der Waals surface area (Å²) in [5.74, 6) is 1.02. The Morgan fingerprint density at radius 1 is 1.14 bits per heavy atom. The summed E-state index contributed by atoms with van der Waals surface area (Å²) in [6.07, 6.45) is 4.53. The lowest BCUT2D eigenvalue weighted by Crippen LogP contribution is -1.92. The van der Waals surface area contributed by atoms with Crippen molar-refractivity contribution in [3.63, 3.8) is 0 Å². The molecular weight excluding hydrogens is 172 g/mol. The number of imidazole rings is 1. The third-order valence-electron chi connectivity index (χ3n) is 2.21. The Balaban J connectivity index is 2.25. The number of nitrogens with zero attached hydrogens (tertiary/aromatic N) is 1. The van der Waals surface area contributed by atoms with Crippen LogP contribution in [0.4, 0.5) is 0 Å². The lowest BCUT2D eigenvalue weighted by molar-refractivity contribution is 1.02. The van der Waals surface area contributed by atoms with Gasteiger partial charge in [0.1, 0.15) is 5.82 Å². The fourth-order valence-electron chi connectivity index (χ4n) is 1.76. The van der Waals surface area contributed by atoms with E-state index in [1.807, 2.05) is 6.20 Å². The molecule has 0 aliphatic rings. The number of rotatable bonds is 2. The van der Waals surface area contributed by atoms with Gasteiger partial charge in [-0.15, -0.1) is 0 Å². The van der Waals surface area contributed by atoms with Crippen molar-refractivity contribution in [2.75, 3.05) is 0 Å². The molecule has 0 fully saturated rings. The summed E-state index contributed by atoms with van der Waals surface area (Å²) in [7, 11) is 0. The topological polar surface area (TPSA) is 28.7 Å². The monoisotopic (exact) mass is 186 g/mol. The van der Waals surface area contributed by atoms with E-state index in [1.165, 1.54) is 16.7 Å². The molecule has 0 aliphatic carbocycles. The van der Waals surface area contributed by atoms with Crippen molar-refractivity contribution in [2.24, 2.45) is 0 Å². The van der Waals surface area contributed by atoms with Crippen molar-refractivity contribution in [1.29, 1.82) is 0 Å². The Bertz CT molecular complexity index is 396. The largest absolute Gasteiger partial charge is 0.348 e. The Kier molecular flexibility index (Phi) is 2.35.